The number of carboxylic acid groups (broad SMARTS) is 1. The van der Waals surface area contributed by atoms with Crippen LogP contribution in [0.25, 0.3) is 0 Å². The highest BCUT2D eigenvalue weighted by molar-refractivity contribution is 5.84. The Kier molecular flexibility index (Phi) is 2.64. The van der Waals surface area contributed by atoms with Gasteiger partial charge in [-0.15, -0.1) is 0 Å². The van der Waals surface area contributed by atoms with Crippen LogP contribution in [0.15, 0.2) is 24.3 Å². The molecule has 1 aliphatic rings. The third-order valence-corrected chi connectivity index (χ3v) is 4.08. The lowest BCUT2D eigenvalue weighted by atomic mass is 9.83. The fourth-order valence-corrected chi connectivity index (χ4v) is 2.08. The Bertz CT molecular complexity index is 434. The fourth-order valence-electron chi connectivity index (χ4n) is 2.08. The monoisotopic (exact) mass is 233 g/mol. The van der Waals surface area contributed by atoms with E-state index in [9.17, 15) is 9.90 Å². The zero-order valence-electron chi connectivity index (χ0n) is 10.6. The minimum Gasteiger partial charge on any atom is -0.479 e. The lowest BCUT2D eigenvalue weighted by molar-refractivity contribution is -0.144. The lowest BCUT2D eigenvalue weighted by Gasteiger charge is -2.33. The van der Waals surface area contributed by atoms with Crippen molar-refractivity contribution in [2.75, 3.05) is 5.32 Å². The average Bonchev–Trinajstić information content (AvgIpc) is 3.01. The number of nitrogens with one attached hydrogen (secondary N) is 1. The maximum atomic E-state index is 11.5. The van der Waals surface area contributed by atoms with E-state index in [2.05, 4.69) is 5.32 Å². The maximum Gasteiger partial charge on any atom is 0.329 e. The van der Waals surface area contributed by atoms with Gasteiger partial charge < -0.3 is 10.4 Å². The van der Waals surface area contributed by atoms with E-state index in [-0.39, 0.29) is 5.41 Å². The molecule has 0 aromatic heterocycles. The van der Waals surface area contributed by atoms with Gasteiger partial charge in [-0.25, -0.2) is 4.79 Å². The van der Waals surface area contributed by atoms with Crippen molar-refractivity contribution >= 4 is 11.7 Å². The number of aryl methyl sites for hydroxylation is 1. The molecule has 2 rings (SSSR count). The number of benzene rings is 1. The summed E-state index contributed by atoms with van der Waals surface area (Å²) in [6.45, 7) is 5.83. The molecule has 1 unspecified atom stereocenters. The highest BCUT2D eigenvalue weighted by Gasteiger charge is 2.57. The Morgan fingerprint density at radius 1 is 1.35 bits per heavy atom. The Hall–Kier alpha value is -1.51. The van der Waals surface area contributed by atoms with Crippen LogP contribution in [0.1, 0.15) is 32.3 Å². The number of hydrogen-bond acceptors (Lipinski definition) is 2. The van der Waals surface area contributed by atoms with Crippen molar-refractivity contribution in [3.05, 3.63) is 29.8 Å². The summed E-state index contributed by atoms with van der Waals surface area (Å²) in [5, 5.41) is 12.6. The normalized spacial score (nSPS) is 20.4. The minimum atomic E-state index is -0.887. The van der Waals surface area contributed by atoms with E-state index in [4.69, 9.17) is 0 Å². The van der Waals surface area contributed by atoms with Crippen LogP contribution in [0.3, 0.4) is 0 Å². The molecule has 17 heavy (non-hydrogen) atoms. The second kappa shape index (κ2) is 3.76. The third-order valence-electron chi connectivity index (χ3n) is 4.08. The summed E-state index contributed by atoms with van der Waals surface area (Å²) >= 11 is 0. The molecule has 1 aliphatic carbocycles. The summed E-state index contributed by atoms with van der Waals surface area (Å²) < 4.78 is 0. The van der Waals surface area contributed by atoms with E-state index in [1.807, 2.05) is 38.1 Å². The van der Waals surface area contributed by atoms with Crippen LogP contribution in [0.2, 0.25) is 0 Å². The number of carboxylic acids is 1. The first kappa shape index (κ1) is 12.0. The molecule has 92 valence electrons. The molecule has 0 spiro atoms. The highest BCUT2D eigenvalue weighted by Crippen LogP contribution is 2.54. The van der Waals surface area contributed by atoms with Crippen LogP contribution in [-0.4, -0.2) is 16.6 Å². The smallest absolute Gasteiger partial charge is 0.329 e. The predicted octanol–water partition coefficient (Wildman–Crippen LogP) is 3.05. The summed E-state index contributed by atoms with van der Waals surface area (Å²) in [6, 6.07) is 7.84. The van der Waals surface area contributed by atoms with Gasteiger partial charge in [0, 0.05) is 11.1 Å². The number of anilines is 1. The van der Waals surface area contributed by atoms with Crippen molar-refractivity contribution in [1.82, 2.24) is 0 Å². The van der Waals surface area contributed by atoms with Crippen molar-refractivity contribution in [3.63, 3.8) is 0 Å². The van der Waals surface area contributed by atoms with Gasteiger partial charge in [-0.2, -0.15) is 0 Å². The second-order valence-electron chi connectivity index (χ2n) is 5.48. The Morgan fingerprint density at radius 3 is 2.29 bits per heavy atom. The van der Waals surface area contributed by atoms with Crippen LogP contribution in [0.4, 0.5) is 5.69 Å². The van der Waals surface area contributed by atoms with Gasteiger partial charge in [0.2, 0.25) is 0 Å². The average molecular weight is 233 g/mol. The SMILES string of the molecule is Cc1ccc(NC(C)(C(=O)O)C2(C)CC2)cc1. The summed E-state index contributed by atoms with van der Waals surface area (Å²) in [4.78, 5) is 11.5. The topological polar surface area (TPSA) is 49.3 Å². The zero-order valence-corrected chi connectivity index (χ0v) is 10.6. The van der Waals surface area contributed by atoms with Gasteiger partial charge in [0.1, 0.15) is 5.54 Å². The van der Waals surface area contributed by atoms with Crippen molar-refractivity contribution in [2.45, 2.75) is 39.2 Å². The summed E-state index contributed by atoms with van der Waals surface area (Å²) in [5.74, 6) is -0.780. The fraction of sp³-hybridized carbons (Fsp3) is 0.500. The van der Waals surface area contributed by atoms with Crippen LogP contribution < -0.4 is 5.32 Å². The minimum absolute atomic E-state index is 0.135. The number of aliphatic carboxylic acids is 1. The molecule has 1 fully saturated rings. The molecule has 1 saturated carbocycles. The number of rotatable bonds is 4. The van der Waals surface area contributed by atoms with Gasteiger partial charge in [-0.1, -0.05) is 24.6 Å². The zero-order chi connectivity index (χ0) is 12.7. The number of hydrogen-bond donors (Lipinski definition) is 2. The molecule has 2 N–H and O–H groups in total. The van der Waals surface area contributed by atoms with Crippen LogP contribution in [0, 0.1) is 12.3 Å². The molecule has 0 amide bonds. The van der Waals surface area contributed by atoms with E-state index in [0.29, 0.717) is 0 Å². The molecule has 0 saturated heterocycles. The first-order chi connectivity index (χ1) is 7.87. The van der Waals surface area contributed by atoms with Crippen molar-refractivity contribution in [2.24, 2.45) is 5.41 Å². The molecule has 0 aliphatic heterocycles. The summed E-state index contributed by atoms with van der Waals surface area (Å²) in [5.41, 5.74) is 1.02. The van der Waals surface area contributed by atoms with Crippen molar-refractivity contribution in [1.29, 1.82) is 0 Å². The van der Waals surface area contributed by atoms with Crippen LogP contribution in [-0.2, 0) is 4.79 Å². The molecule has 1 aromatic carbocycles. The summed E-state index contributed by atoms with van der Waals surface area (Å²) in [6.07, 6.45) is 1.93. The van der Waals surface area contributed by atoms with Gasteiger partial charge in [-0.3, -0.25) is 0 Å². The predicted molar refractivity (Wildman–Crippen MR) is 68.2 cm³/mol. The first-order valence-corrected chi connectivity index (χ1v) is 5.96. The van der Waals surface area contributed by atoms with E-state index < -0.39 is 11.5 Å². The molecule has 3 heteroatoms. The molecule has 0 heterocycles. The Balaban J connectivity index is 2.25. The number of carbonyl (C=O) groups is 1. The lowest BCUT2D eigenvalue weighted by Crippen LogP contribution is -2.50. The van der Waals surface area contributed by atoms with Gasteiger partial charge in [0.05, 0.1) is 0 Å². The van der Waals surface area contributed by atoms with E-state index in [1.165, 1.54) is 5.56 Å². The standard InChI is InChI=1S/C14H19NO2/c1-10-4-6-11(7-5-10)15-14(3,12(16)17)13(2)8-9-13/h4-7,15H,8-9H2,1-3H3,(H,16,17). The van der Waals surface area contributed by atoms with Gasteiger partial charge in [0.15, 0.2) is 0 Å². The van der Waals surface area contributed by atoms with E-state index in [0.717, 1.165) is 18.5 Å². The van der Waals surface area contributed by atoms with Gasteiger partial charge in [0.25, 0.3) is 0 Å². The molecule has 0 bridgehead atoms. The highest BCUT2D eigenvalue weighted by atomic mass is 16.4. The van der Waals surface area contributed by atoms with Crippen LogP contribution >= 0.6 is 0 Å². The van der Waals surface area contributed by atoms with E-state index in [1.54, 1.807) is 6.92 Å². The van der Waals surface area contributed by atoms with Crippen molar-refractivity contribution in [3.8, 4) is 0 Å². The molecule has 0 radical (unpaired) electrons. The van der Waals surface area contributed by atoms with E-state index >= 15 is 0 Å². The van der Waals surface area contributed by atoms with Crippen LogP contribution in [0.5, 0.6) is 0 Å². The van der Waals surface area contributed by atoms with Gasteiger partial charge in [-0.05, 0) is 38.8 Å². The molecular weight excluding hydrogens is 214 g/mol. The largest absolute Gasteiger partial charge is 0.479 e. The van der Waals surface area contributed by atoms with Crippen molar-refractivity contribution < 1.29 is 9.90 Å². The third kappa shape index (κ3) is 2.02. The Labute approximate surface area is 102 Å². The van der Waals surface area contributed by atoms with Gasteiger partial charge >= 0.3 is 5.97 Å². The molecule has 1 atom stereocenters. The quantitative estimate of drug-likeness (QED) is 0.840. The first-order valence-electron chi connectivity index (χ1n) is 5.96. The molecule has 3 nitrogen and oxygen atoms in total. The summed E-state index contributed by atoms with van der Waals surface area (Å²) in [7, 11) is 0. The molecule has 1 aromatic rings. The Morgan fingerprint density at radius 2 is 1.88 bits per heavy atom. The second-order valence-corrected chi connectivity index (χ2v) is 5.48. The maximum absolute atomic E-state index is 11.5. The molecular formula is C14H19NO2.